The van der Waals surface area contributed by atoms with Crippen LogP contribution in [0.3, 0.4) is 0 Å². The number of ether oxygens (including phenoxy) is 2. The Hall–Kier alpha value is -1.44. The Labute approximate surface area is 161 Å². The summed E-state index contributed by atoms with van der Waals surface area (Å²) in [7, 11) is 0. The first kappa shape index (κ1) is 20.3. The molecule has 27 heavy (non-hydrogen) atoms. The highest BCUT2D eigenvalue weighted by Gasteiger charge is 2.40. The van der Waals surface area contributed by atoms with Crippen LogP contribution in [-0.2, 0) is 20.7 Å². The minimum absolute atomic E-state index is 0.0985. The smallest absolute Gasteiger partial charge is 0.227 e. The van der Waals surface area contributed by atoms with Gasteiger partial charge in [0.15, 0.2) is 0 Å². The summed E-state index contributed by atoms with van der Waals surface area (Å²) < 4.78 is 16.6. The van der Waals surface area contributed by atoms with E-state index in [1.165, 1.54) is 0 Å². The third-order valence-electron chi connectivity index (χ3n) is 5.45. The highest BCUT2D eigenvalue weighted by molar-refractivity contribution is 5.83. The highest BCUT2D eigenvalue weighted by Crippen LogP contribution is 2.33. The molecule has 0 aromatic carbocycles. The van der Waals surface area contributed by atoms with Crippen molar-refractivity contribution in [2.45, 2.75) is 58.0 Å². The van der Waals surface area contributed by atoms with Crippen LogP contribution in [0.1, 0.15) is 56.9 Å². The quantitative estimate of drug-likeness (QED) is 0.639. The number of carbonyl (C=O) groups is 1. The van der Waals surface area contributed by atoms with Gasteiger partial charge < -0.3 is 24.6 Å². The summed E-state index contributed by atoms with van der Waals surface area (Å²) in [6.45, 7) is 8.45. The van der Waals surface area contributed by atoms with Gasteiger partial charge >= 0.3 is 0 Å². The second kappa shape index (κ2) is 9.66. The molecule has 0 radical (unpaired) electrons. The van der Waals surface area contributed by atoms with Gasteiger partial charge in [-0.05, 0) is 46.1 Å². The molecule has 0 spiro atoms. The molecule has 0 saturated carbocycles. The van der Waals surface area contributed by atoms with Crippen LogP contribution in [0.5, 0.6) is 0 Å². The van der Waals surface area contributed by atoms with Gasteiger partial charge in [0.25, 0.3) is 0 Å². The van der Waals surface area contributed by atoms with Crippen molar-refractivity contribution in [1.82, 2.24) is 15.8 Å². The Kier molecular flexibility index (Phi) is 7.26. The Balaban J connectivity index is 1.58. The molecule has 1 amide bonds. The lowest BCUT2D eigenvalue weighted by atomic mass is 9.76. The van der Waals surface area contributed by atoms with E-state index in [1.807, 2.05) is 19.9 Å². The maximum absolute atomic E-state index is 13.0. The molecule has 0 bridgehead atoms. The number of piperidine rings is 1. The zero-order chi connectivity index (χ0) is 19.1. The zero-order valence-corrected chi connectivity index (χ0v) is 16.6. The van der Waals surface area contributed by atoms with Crippen LogP contribution in [-0.4, -0.2) is 56.6 Å². The molecule has 1 aromatic heterocycles. The minimum Gasteiger partial charge on any atom is -0.381 e. The highest BCUT2D eigenvalue weighted by atomic mass is 16.5. The van der Waals surface area contributed by atoms with Crippen molar-refractivity contribution in [2.75, 3.05) is 39.5 Å². The SMILES string of the molecule is CC(C)OCCCNC(=O)[C@]1(Cc2cc([C@@H]3CCOC3)no2)CCCNC1. The van der Waals surface area contributed by atoms with Crippen LogP contribution in [0.2, 0.25) is 0 Å². The number of nitrogens with one attached hydrogen (secondary N) is 2. The van der Waals surface area contributed by atoms with Gasteiger partial charge in [-0.1, -0.05) is 5.16 Å². The molecule has 3 heterocycles. The summed E-state index contributed by atoms with van der Waals surface area (Å²) in [5, 5.41) is 10.7. The van der Waals surface area contributed by atoms with Gasteiger partial charge in [0.1, 0.15) is 5.76 Å². The van der Waals surface area contributed by atoms with E-state index >= 15 is 0 Å². The zero-order valence-electron chi connectivity index (χ0n) is 16.6. The minimum atomic E-state index is -0.472. The summed E-state index contributed by atoms with van der Waals surface area (Å²) in [4.78, 5) is 13.0. The summed E-state index contributed by atoms with van der Waals surface area (Å²) >= 11 is 0. The summed E-state index contributed by atoms with van der Waals surface area (Å²) in [5.74, 6) is 1.21. The Morgan fingerprint density at radius 1 is 1.52 bits per heavy atom. The maximum Gasteiger partial charge on any atom is 0.227 e. The number of carbonyl (C=O) groups excluding carboxylic acids is 1. The van der Waals surface area contributed by atoms with Crippen LogP contribution < -0.4 is 10.6 Å². The lowest BCUT2D eigenvalue weighted by Gasteiger charge is -2.35. The molecule has 2 atom stereocenters. The molecule has 1 aromatic rings. The molecule has 0 unspecified atom stereocenters. The first-order chi connectivity index (χ1) is 13.1. The van der Waals surface area contributed by atoms with E-state index in [0.717, 1.165) is 50.3 Å². The van der Waals surface area contributed by atoms with Crippen molar-refractivity contribution < 1.29 is 18.8 Å². The molecule has 3 rings (SSSR count). The van der Waals surface area contributed by atoms with E-state index < -0.39 is 5.41 Å². The number of hydrogen-bond acceptors (Lipinski definition) is 6. The van der Waals surface area contributed by atoms with E-state index in [1.54, 1.807) is 0 Å². The topological polar surface area (TPSA) is 85.6 Å². The van der Waals surface area contributed by atoms with Crippen molar-refractivity contribution in [2.24, 2.45) is 5.41 Å². The van der Waals surface area contributed by atoms with E-state index in [9.17, 15) is 4.79 Å². The van der Waals surface area contributed by atoms with Crippen LogP contribution in [0.25, 0.3) is 0 Å². The molecule has 2 saturated heterocycles. The fourth-order valence-electron chi connectivity index (χ4n) is 3.88. The fraction of sp³-hybridized carbons (Fsp3) is 0.800. The van der Waals surface area contributed by atoms with Gasteiger partial charge in [0.05, 0.1) is 23.8 Å². The van der Waals surface area contributed by atoms with E-state index in [2.05, 4.69) is 15.8 Å². The fourth-order valence-corrected chi connectivity index (χ4v) is 3.88. The van der Waals surface area contributed by atoms with Crippen molar-refractivity contribution in [1.29, 1.82) is 0 Å². The summed E-state index contributed by atoms with van der Waals surface area (Å²) in [6, 6.07) is 2.01. The number of amides is 1. The molecule has 7 heteroatoms. The summed E-state index contributed by atoms with van der Waals surface area (Å²) in [6.07, 6.45) is 4.45. The van der Waals surface area contributed by atoms with Crippen LogP contribution in [0, 0.1) is 5.41 Å². The van der Waals surface area contributed by atoms with Crippen LogP contribution >= 0.6 is 0 Å². The molecular weight excluding hydrogens is 346 g/mol. The predicted molar refractivity (Wildman–Crippen MR) is 102 cm³/mol. The standard InChI is InChI=1S/C20H33N3O4/c1-15(2)26-9-4-8-22-19(24)20(6-3-7-21-14-20)12-17-11-18(23-27-17)16-5-10-25-13-16/h11,15-16,21H,3-10,12-14H2,1-2H3,(H,22,24)/t16-,20+/m1/s1. The average Bonchev–Trinajstić information content (AvgIpc) is 3.33. The van der Waals surface area contributed by atoms with Gasteiger partial charge in [0, 0.05) is 44.7 Å². The monoisotopic (exact) mass is 379 g/mol. The summed E-state index contributed by atoms with van der Waals surface area (Å²) in [5.41, 5.74) is 0.479. The Bertz CT molecular complexity index is 590. The first-order valence-corrected chi connectivity index (χ1v) is 10.2. The van der Waals surface area contributed by atoms with E-state index in [4.69, 9.17) is 14.0 Å². The van der Waals surface area contributed by atoms with Crippen molar-refractivity contribution in [3.8, 4) is 0 Å². The average molecular weight is 380 g/mol. The molecule has 2 fully saturated rings. The van der Waals surface area contributed by atoms with E-state index in [0.29, 0.717) is 38.6 Å². The maximum atomic E-state index is 13.0. The second-order valence-electron chi connectivity index (χ2n) is 8.05. The van der Waals surface area contributed by atoms with Gasteiger partial charge in [-0.25, -0.2) is 0 Å². The van der Waals surface area contributed by atoms with Crippen LogP contribution in [0.4, 0.5) is 0 Å². The molecule has 2 aliphatic rings. The number of nitrogens with zero attached hydrogens (tertiary/aromatic N) is 1. The largest absolute Gasteiger partial charge is 0.381 e. The van der Waals surface area contributed by atoms with E-state index in [-0.39, 0.29) is 12.0 Å². The van der Waals surface area contributed by atoms with Gasteiger partial charge in [0.2, 0.25) is 5.91 Å². The number of hydrogen-bond donors (Lipinski definition) is 2. The molecule has 2 N–H and O–H groups in total. The van der Waals surface area contributed by atoms with Crippen molar-refractivity contribution >= 4 is 5.91 Å². The molecule has 0 aliphatic carbocycles. The molecule has 2 aliphatic heterocycles. The molecule has 7 nitrogen and oxygen atoms in total. The predicted octanol–water partition coefficient (Wildman–Crippen LogP) is 2.02. The van der Waals surface area contributed by atoms with Gasteiger partial charge in [-0.3, -0.25) is 4.79 Å². The van der Waals surface area contributed by atoms with Gasteiger partial charge in [-0.15, -0.1) is 0 Å². The molecule has 152 valence electrons. The second-order valence-corrected chi connectivity index (χ2v) is 8.05. The lowest BCUT2D eigenvalue weighted by molar-refractivity contribution is -0.132. The van der Waals surface area contributed by atoms with Gasteiger partial charge in [-0.2, -0.15) is 0 Å². The molecular formula is C20H33N3O4. The Morgan fingerprint density at radius 2 is 2.41 bits per heavy atom. The third kappa shape index (κ3) is 5.53. The third-order valence-corrected chi connectivity index (χ3v) is 5.45. The first-order valence-electron chi connectivity index (χ1n) is 10.2. The Morgan fingerprint density at radius 3 is 3.11 bits per heavy atom. The lowest BCUT2D eigenvalue weighted by Crippen LogP contribution is -2.52. The van der Waals surface area contributed by atoms with Crippen molar-refractivity contribution in [3.05, 3.63) is 17.5 Å². The van der Waals surface area contributed by atoms with Crippen molar-refractivity contribution in [3.63, 3.8) is 0 Å². The normalized spacial score (nSPS) is 25.8. The number of aromatic nitrogens is 1. The number of rotatable bonds is 9. The van der Waals surface area contributed by atoms with Crippen LogP contribution in [0.15, 0.2) is 10.6 Å².